The molecule has 0 amide bonds. The van der Waals surface area contributed by atoms with Crippen LogP contribution in [0.2, 0.25) is 0 Å². The molecule has 2 atom stereocenters. The second kappa shape index (κ2) is 6.73. The van der Waals surface area contributed by atoms with E-state index >= 15 is 0 Å². The van der Waals surface area contributed by atoms with Crippen LogP contribution in [0, 0.1) is 5.41 Å². The summed E-state index contributed by atoms with van der Waals surface area (Å²) in [4.78, 5) is 2.41. The second-order valence-electron chi connectivity index (χ2n) is 6.20. The van der Waals surface area contributed by atoms with Crippen molar-refractivity contribution in [1.82, 2.24) is 25.1 Å². The van der Waals surface area contributed by atoms with E-state index in [1.807, 2.05) is 35.0 Å². The van der Waals surface area contributed by atoms with Gasteiger partial charge >= 0.3 is 0 Å². The Morgan fingerprint density at radius 2 is 2.05 bits per heavy atom. The zero-order valence-corrected chi connectivity index (χ0v) is 13.8. The van der Waals surface area contributed by atoms with Crippen LogP contribution in [0.4, 0.5) is 0 Å². The van der Waals surface area contributed by atoms with Gasteiger partial charge in [0.1, 0.15) is 0 Å². The molecule has 2 unspecified atom stereocenters. The highest BCUT2D eigenvalue weighted by molar-refractivity contribution is 5.85. The Balaban J connectivity index is 0.00000176. The maximum atomic E-state index is 5.90. The largest absolute Gasteiger partial charge is 0.330 e. The lowest BCUT2D eigenvalue weighted by Crippen LogP contribution is -2.33. The first-order valence-electron chi connectivity index (χ1n) is 7.41. The molecule has 1 aliphatic rings. The Kier molecular flexibility index (Phi) is 5.16. The predicted molar refractivity (Wildman–Crippen MR) is 88.2 cm³/mol. The van der Waals surface area contributed by atoms with Gasteiger partial charge in [-0.15, -0.1) is 17.5 Å². The standard InChI is InChI=1S/C15H22N6.ClH/c1-12(20-9-8-15(2,10-16)11-20)14-17-18-19-21(14)13-6-4-3-5-7-13;/h3-7,12H,8-11,16H2,1-2H3;1H. The number of nitrogens with zero attached hydrogens (tertiary/aromatic N) is 5. The number of para-hydroxylation sites is 1. The number of halogens is 1. The molecule has 1 saturated heterocycles. The van der Waals surface area contributed by atoms with Crippen LogP contribution < -0.4 is 5.73 Å². The molecule has 1 aromatic heterocycles. The van der Waals surface area contributed by atoms with Gasteiger partial charge in [0.15, 0.2) is 5.82 Å². The van der Waals surface area contributed by atoms with Crippen LogP contribution in [0.5, 0.6) is 0 Å². The lowest BCUT2D eigenvalue weighted by molar-refractivity contribution is 0.218. The van der Waals surface area contributed by atoms with Gasteiger partial charge in [-0.05, 0) is 54.4 Å². The monoisotopic (exact) mass is 322 g/mol. The van der Waals surface area contributed by atoms with E-state index in [1.165, 1.54) is 0 Å². The molecule has 2 aromatic rings. The Bertz CT molecular complexity index is 601. The highest BCUT2D eigenvalue weighted by Crippen LogP contribution is 2.33. The zero-order chi connectivity index (χ0) is 14.9. The third kappa shape index (κ3) is 3.14. The van der Waals surface area contributed by atoms with Gasteiger partial charge in [-0.2, -0.15) is 4.68 Å². The molecule has 22 heavy (non-hydrogen) atoms. The number of rotatable bonds is 4. The second-order valence-corrected chi connectivity index (χ2v) is 6.20. The molecule has 3 rings (SSSR count). The van der Waals surface area contributed by atoms with Crippen LogP contribution in [0.1, 0.15) is 32.1 Å². The smallest absolute Gasteiger partial charge is 0.173 e. The van der Waals surface area contributed by atoms with Gasteiger partial charge in [-0.3, -0.25) is 4.90 Å². The van der Waals surface area contributed by atoms with Gasteiger partial charge in [0.2, 0.25) is 0 Å². The summed E-state index contributed by atoms with van der Waals surface area (Å²) in [6.07, 6.45) is 1.13. The van der Waals surface area contributed by atoms with Gasteiger partial charge in [-0.1, -0.05) is 25.1 Å². The molecule has 1 aromatic carbocycles. The van der Waals surface area contributed by atoms with Crippen LogP contribution in [-0.4, -0.2) is 44.7 Å². The molecule has 0 bridgehead atoms. The number of aromatic nitrogens is 4. The highest BCUT2D eigenvalue weighted by Gasteiger charge is 2.36. The van der Waals surface area contributed by atoms with Crippen molar-refractivity contribution >= 4 is 12.4 Å². The van der Waals surface area contributed by atoms with Crippen LogP contribution >= 0.6 is 12.4 Å². The van der Waals surface area contributed by atoms with Crippen molar-refractivity contribution in [2.75, 3.05) is 19.6 Å². The molecule has 1 aliphatic heterocycles. The average molecular weight is 323 g/mol. The van der Waals surface area contributed by atoms with E-state index in [-0.39, 0.29) is 23.9 Å². The van der Waals surface area contributed by atoms with Crippen LogP contribution in [0.3, 0.4) is 0 Å². The molecule has 120 valence electrons. The van der Waals surface area contributed by atoms with E-state index in [0.29, 0.717) is 0 Å². The Labute approximate surface area is 137 Å². The molecule has 2 N–H and O–H groups in total. The van der Waals surface area contributed by atoms with E-state index < -0.39 is 0 Å². The van der Waals surface area contributed by atoms with Crippen molar-refractivity contribution in [1.29, 1.82) is 0 Å². The van der Waals surface area contributed by atoms with Gasteiger partial charge in [-0.25, -0.2) is 0 Å². The molecule has 2 heterocycles. The molecular weight excluding hydrogens is 300 g/mol. The molecule has 0 saturated carbocycles. The lowest BCUT2D eigenvalue weighted by atomic mass is 9.90. The topological polar surface area (TPSA) is 72.9 Å². The first-order valence-corrected chi connectivity index (χ1v) is 7.41. The maximum absolute atomic E-state index is 5.90. The van der Waals surface area contributed by atoms with Crippen molar-refractivity contribution in [2.45, 2.75) is 26.3 Å². The van der Waals surface area contributed by atoms with E-state index in [1.54, 1.807) is 0 Å². The predicted octanol–water partition coefficient (Wildman–Crippen LogP) is 1.82. The minimum atomic E-state index is 0. The molecule has 0 radical (unpaired) electrons. The van der Waals surface area contributed by atoms with Gasteiger partial charge in [0.05, 0.1) is 11.7 Å². The summed E-state index contributed by atoms with van der Waals surface area (Å²) in [6.45, 7) is 7.16. The van der Waals surface area contributed by atoms with Crippen LogP contribution in [0.25, 0.3) is 5.69 Å². The van der Waals surface area contributed by atoms with E-state index in [2.05, 4.69) is 34.3 Å². The molecule has 1 fully saturated rings. The minimum absolute atomic E-state index is 0. The Hall–Kier alpha value is -1.50. The van der Waals surface area contributed by atoms with Gasteiger partial charge in [0, 0.05) is 6.54 Å². The van der Waals surface area contributed by atoms with Crippen molar-refractivity contribution in [3.63, 3.8) is 0 Å². The van der Waals surface area contributed by atoms with E-state index in [9.17, 15) is 0 Å². The highest BCUT2D eigenvalue weighted by atomic mass is 35.5. The van der Waals surface area contributed by atoms with Gasteiger partial charge in [0.25, 0.3) is 0 Å². The molecule has 6 nitrogen and oxygen atoms in total. The molecular formula is C15H23ClN6. The van der Waals surface area contributed by atoms with E-state index in [4.69, 9.17) is 5.73 Å². The Morgan fingerprint density at radius 3 is 2.68 bits per heavy atom. The average Bonchev–Trinajstić information content (AvgIpc) is 3.15. The number of nitrogens with two attached hydrogens (primary N) is 1. The SMILES string of the molecule is CC(c1nnnn1-c1ccccc1)N1CCC(C)(CN)C1.Cl. The van der Waals surface area contributed by atoms with Crippen LogP contribution in [-0.2, 0) is 0 Å². The Morgan fingerprint density at radius 1 is 1.32 bits per heavy atom. The zero-order valence-electron chi connectivity index (χ0n) is 13.0. The summed E-state index contributed by atoms with van der Waals surface area (Å²) in [6, 6.07) is 10.2. The third-order valence-corrected chi connectivity index (χ3v) is 4.50. The fraction of sp³-hybridized carbons (Fsp3) is 0.533. The summed E-state index contributed by atoms with van der Waals surface area (Å²) in [7, 11) is 0. The maximum Gasteiger partial charge on any atom is 0.173 e. The summed E-state index contributed by atoms with van der Waals surface area (Å²) < 4.78 is 1.82. The number of likely N-dealkylation sites (tertiary alicyclic amines) is 1. The fourth-order valence-electron chi connectivity index (χ4n) is 2.93. The molecule has 0 spiro atoms. The van der Waals surface area contributed by atoms with Crippen molar-refractivity contribution in [3.05, 3.63) is 36.2 Å². The first-order chi connectivity index (χ1) is 10.1. The number of benzene rings is 1. The van der Waals surface area contributed by atoms with Crippen molar-refractivity contribution in [2.24, 2.45) is 11.1 Å². The minimum Gasteiger partial charge on any atom is -0.330 e. The summed E-state index contributed by atoms with van der Waals surface area (Å²) in [5.41, 5.74) is 7.10. The number of hydrogen-bond acceptors (Lipinski definition) is 5. The summed E-state index contributed by atoms with van der Waals surface area (Å²) in [5.74, 6) is 0.877. The van der Waals surface area contributed by atoms with Crippen molar-refractivity contribution < 1.29 is 0 Å². The van der Waals surface area contributed by atoms with Crippen molar-refractivity contribution in [3.8, 4) is 5.69 Å². The number of tetrazole rings is 1. The quantitative estimate of drug-likeness (QED) is 0.929. The third-order valence-electron chi connectivity index (χ3n) is 4.50. The first kappa shape index (κ1) is 16.9. The fourth-order valence-corrected chi connectivity index (χ4v) is 2.93. The number of hydrogen-bond donors (Lipinski definition) is 1. The van der Waals surface area contributed by atoms with Crippen LogP contribution in [0.15, 0.2) is 30.3 Å². The normalized spacial score (nSPS) is 23.2. The summed E-state index contributed by atoms with van der Waals surface area (Å²) in [5, 5.41) is 12.2. The molecule has 7 heteroatoms. The molecule has 0 aliphatic carbocycles. The van der Waals surface area contributed by atoms with Gasteiger partial charge < -0.3 is 5.73 Å². The summed E-state index contributed by atoms with van der Waals surface area (Å²) >= 11 is 0. The lowest BCUT2D eigenvalue weighted by Gasteiger charge is -2.26. The van der Waals surface area contributed by atoms with E-state index in [0.717, 1.165) is 37.6 Å².